The van der Waals surface area contributed by atoms with Crippen molar-refractivity contribution in [1.29, 1.82) is 5.26 Å². The second-order valence-corrected chi connectivity index (χ2v) is 7.18. The molecule has 6 nitrogen and oxygen atoms in total. The Morgan fingerprint density at radius 1 is 1.46 bits per heavy atom. The zero-order valence-corrected chi connectivity index (χ0v) is 14.9. The first-order valence-electron chi connectivity index (χ1n) is 8.41. The molecule has 24 heavy (non-hydrogen) atoms. The molecule has 1 saturated heterocycles. The Labute approximate surface area is 143 Å². The van der Waals surface area contributed by atoms with Gasteiger partial charge in [0.1, 0.15) is 23.2 Å². The molecule has 0 bridgehead atoms. The first kappa shape index (κ1) is 18.1. The summed E-state index contributed by atoms with van der Waals surface area (Å²) >= 11 is 0. The van der Waals surface area contributed by atoms with Gasteiger partial charge < -0.3 is 15.0 Å². The van der Waals surface area contributed by atoms with Crippen LogP contribution in [0.1, 0.15) is 51.3 Å². The number of likely N-dealkylation sites (tertiary alicyclic amines) is 1. The Balaban J connectivity index is 2.01. The zero-order chi connectivity index (χ0) is 17.7. The van der Waals surface area contributed by atoms with Crippen LogP contribution in [-0.4, -0.2) is 40.7 Å². The Morgan fingerprint density at radius 2 is 2.21 bits per heavy atom. The van der Waals surface area contributed by atoms with Gasteiger partial charge in [0.2, 0.25) is 0 Å². The maximum Gasteiger partial charge on any atom is 0.410 e. The Hall–Kier alpha value is -2.29. The number of carbonyl (C=O) groups excluding carboxylic acids is 1. The lowest BCUT2D eigenvalue weighted by atomic mass is 10.0. The minimum absolute atomic E-state index is 0.0715. The van der Waals surface area contributed by atoms with Gasteiger partial charge in [-0.25, -0.2) is 9.78 Å². The highest BCUT2D eigenvalue weighted by Gasteiger charge is 2.30. The van der Waals surface area contributed by atoms with Gasteiger partial charge in [-0.15, -0.1) is 0 Å². The van der Waals surface area contributed by atoms with Crippen LogP contribution in [0.3, 0.4) is 0 Å². The monoisotopic (exact) mass is 330 g/mol. The summed E-state index contributed by atoms with van der Waals surface area (Å²) in [5.41, 5.74) is 0.788. The van der Waals surface area contributed by atoms with E-state index >= 15 is 0 Å². The fourth-order valence-electron chi connectivity index (χ4n) is 2.74. The molecule has 2 heterocycles. The van der Waals surface area contributed by atoms with E-state index in [1.54, 1.807) is 4.90 Å². The molecular formula is C18H26N4O2. The molecule has 0 aliphatic carbocycles. The number of nitrogens with one attached hydrogen (secondary N) is 1. The van der Waals surface area contributed by atoms with Gasteiger partial charge in [0.05, 0.1) is 6.04 Å². The number of amides is 1. The fraction of sp³-hybridized carbons (Fsp3) is 0.611. The van der Waals surface area contributed by atoms with Crippen molar-refractivity contribution < 1.29 is 9.53 Å². The number of aromatic nitrogens is 1. The summed E-state index contributed by atoms with van der Waals surface area (Å²) in [7, 11) is 0. The average molecular weight is 330 g/mol. The highest BCUT2D eigenvalue weighted by Crippen LogP contribution is 2.21. The summed E-state index contributed by atoms with van der Waals surface area (Å²) in [6, 6.07) is 5.90. The summed E-state index contributed by atoms with van der Waals surface area (Å²) in [5, 5.41) is 12.3. The molecule has 1 aromatic heterocycles. The molecule has 1 atom stereocenters. The molecule has 1 amide bonds. The van der Waals surface area contributed by atoms with Crippen LogP contribution in [0.2, 0.25) is 0 Å². The number of nitrogens with zero attached hydrogens (tertiary/aromatic N) is 3. The molecule has 1 N–H and O–H groups in total. The second-order valence-electron chi connectivity index (χ2n) is 7.18. The van der Waals surface area contributed by atoms with Crippen molar-refractivity contribution in [3.63, 3.8) is 0 Å². The van der Waals surface area contributed by atoms with Crippen LogP contribution in [0.25, 0.3) is 0 Å². The van der Waals surface area contributed by atoms with E-state index < -0.39 is 5.60 Å². The number of nitriles is 1. The van der Waals surface area contributed by atoms with Crippen LogP contribution in [0.5, 0.6) is 0 Å². The van der Waals surface area contributed by atoms with E-state index in [9.17, 15) is 4.79 Å². The predicted octanol–water partition coefficient (Wildman–Crippen LogP) is 3.46. The first-order chi connectivity index (χ1) is 11.3. The summed E-state index contributed by atoms with van der Waals surface area (Å²) in [6.45, 7) is 8.80. The third-order valence-electron chi connectivity index (χ3n) is 3.98. The quantitative estimate of drug-likeness (QED) is 0.918. The molecular weight excluding hydrogens is 304 g/mol. The van der Waals surface area contributed by atoms with Gasteiger partial charge in [-0.2, -0.15) is 5.26 Å². The minimum Gasteiger partial charge on any atom is -0.444 e. The minimum atomic E-state index is -0.493. The van der Waals surface area contributed by atoms with Crippen LogP contribution in [0.15, 0.2) is 12.1 Å². The first-order valence-corrected chi connectivity index (χ1v) is 8.41. The van der Waals surface area contributed by atoms with Crippen LogP contribution < -0.4 is 5.32 Å². The summed E-state index contributed by atoms with van der Waals surface area (Å²) in [6.07, 6.45) is 2.76. The number of aryl methyl sites for hydroxylation is 1. The Bertz CT molecular complexity index is 631. The van der Waals surface area contributed by atoms with E-state index in [-0.39, 0.29) is 12.1 Å². The number of carbonyl (C=O) groups is 1. The SMILES string of the molecule is Cc1ccc(NCC2CCCCN2C(=O)OC(C)(C)C)nc1C#N. The highest BCUT2D eigenvalue weighted by atomic mass is 16.6. The smallest absolute Gasteiger partial charge is 0.410 e. The molecule has 1 aliphatic rings. The number of ether oxygens (including phenoxy) is 1. The lowest BCUT2D eigenvalue weighted by molar-refractivity contribution is 0.0114. The summed E-state index contributed by atoms with van der Waals surface area (Å²) < 4.78 is 5.51. The van der Waals surface area contributed by atoms with Gasteiger partial charge in [0, 0.05) is 13.1 Å². The zero-order valence-electron chi connectivity index (χ0n) is 14.9. The molecule has 0 radical (unpaired) electrons. The third kappa shape index (κ3) is 4.85. The van der Waals surface area contributed by atoms with Gasteiger partial charge in [0.25, 0.3) is 0 Å². The molecule has 0 aromatic carbocycles. The van der Waals surface area contributed by atoms with E-state index in [0.717, 1.165) is 24.8 Å². The fourth-order valence-corrected chi connectivity index (χ4v) is 2.74. The predicted molar refractivity (Wildman–Crippen MR) is 92.8 cm³/mol. The number of piperidine rings is 1. The summed E-state index contributed by atoms with van der Waals surface area (Å²) in [4.78, 5) is 18.5. The molecule has 1 unspecified atom stereocenters. The van der Waals surface area contributed by atoms with E-state index in [0.29, 0.717) is 24.6 Å². The maximum absolute atomic E-state index is 12.4. The van der Waals surface area contributed by atoms with Crippen molar-refractivity contribution in [2.75, 3.05) is 18.4 Å². The number of pyridine rings is 1. The van der Waals surface area contributed by atoms with E-state index in [2.05, 4.69) is 16.4 Å². The molecule has 0 saturated carbocycles. The van der Waals surface area contributed by atoms with E-state index in [1.165, 1.54) is 0 Å². The normalized spacial score (nSPS) is 18.0. The third-order valence-corrected chi connectivity index (χ3v) is 3.98. The van der Waals surface area contributed by atoms with Gasteiger partial charge >= 0.3 is 6.09 Å². The van der Waals surface area contributed by atoms with Crippen molar-refractivity contribution in [3.8, 4) is 6.07 Å². The molecule has 130 valence electrons. The van der Waals surface area contributed by atoms with Crippen molar-refractivity contribution in [3.05, 3.63) is 23.4 Å². The van der Waals surface area contributed by atoms with Crippen molar-refractivity contribution in [1.82, 2.24) is 9.88 Å². The van der Waals surface area contributed by atoms with Gasteiger partial charge in [-0.05, 0) is 58.6 Å². The van der Waals surface area contributed by atoms with Crippen molar-refractivity contribution >= 4 is 11.9 Å². The van der Waals surface area contributed by atoms with Crippen molar-refractivity contribution in [2.24, 2.45) is 0 Å². The topological polar surface area (TPSA) is 78.2 Å². The second kappa shape index (κ2) is 7.52. The van der Waals surface area contributed by atoms with Crippen LogP contribution in [0.4, 0.5) is 10.6 Å². The van der Waals surface area contributed by atoms with Crippen LogP contribution >= 0.6 is 0 Å². The Kier molecular flexibility index (Phi) is 5.66. The van der Waals surface area contributed by atoms with Crippen LogP contribution in [0, 0.1) is 18.3 Å². The Morgan fingerprint density at radius 3 is 2.88 bits per heavy atom. The van der Waals surface area contributed by atoms with E-state index in [4.69, 9.17) is 10.00 Å². The summed E-state index contributed by atoms with van der Waals surface area (Å²) in [5.74, 6) is 0.659. The molecule has 2 rings (SSSR count). The number of anilines is 1. The maximum atomic E-state index is 12.4. The molecule has 1 fully saturated rings. The van der Waals surface area contributed by atoms with Gasteiger partial charge in [0.15, 0.2) is 0 Å². The standard InChI is InChI=1S/C18H26N4O2/c1-13-8-9-16(21-15(13)11-19)20-12-14-7-5-6-10-22(14)17(23)24-18(2,3)4/h8-9,14H,5-7,10,12H2,1-4H3,(H,20,21). The molecule has 1 aromatic rings. The van der Waals surface area contributed by atoms with Crippen molar-refractivity contribution in [2.45, 2.75) is 58.6 Å². The van der Waals surface area contributed by atoms with Gasteiger partial charge in [-0.3, -0.25) is 0 Å². The number of hydrogen-bond donors (Lipinski definition) is 1. The van der Waals surface area contributed by atoms with Crippen LogP contribution in [-0.2, 0) is 4.74 Å². The average Bonchev–Trinajstić information content (AvgIpc) is 2.52. The largest absolute Gasteiger partial charge is 0.444 e. The highest BCUT2D eigenvalue weighted by molar-refractivity contribution is 5.68. The van der Waals surface area contributed by atoms with Gasteiger partial charge in [-0.1, -0.05) is 6.07 Å². The molecule has 1 aliphatic heterocycles. The molecule has 6 heteroatoms. The lowest BCUT2D eigenvalue weighted by Crippen LogP contribution is -2.48. The van der Waals surface area contributed by atoms with E-state index in [1.807, 2.05) is 39.8 Å². The molecule has 0 spiro atoms. The number of hydrogen-bond acceptors (Lipinski definition) is 5. The number of rotatable bonds is 3. The lowest BCUT2D eigenvalue weighted by Gasteiger charge is -2.36.